The Labute approximate surface area is 62.9 Å². The Morgan fingerprint density at radius 3 is 2.64 bits per heavy atom. The minimum Gasteiger partial charge on any atom is -0.352 e. The Balaban J connectivity index is 2.36. The van der Waals surface area contributed by atoms with E-state index < -0.39 is 18.0 Å². The molecule has 3 N–H and O–H groups in total. The van der Waals surface area contributed by atoms with Crippen molar-refractivity contribution in [2.24, 2.45) is 5.73 Å². The van der Waals surface area contributed by atoms with E-state index in [9.17, 15) is 13.6 Å². The Hall–Kier alpha value is -0.870. The van der Waals surface area contributed by atoms with E-state index >= 15 is 0 Å². The Bertz CT molecular complexity index is 172. The first kappa shape index (κ1) is 8.23. The van der Waals surface area contributed by atoms with Crippen molar-refractivity contribution in [3.63, 3.8) is 0 Å². The van der Waals surface area contributed by atoms with E-state index in [2.05, 4.69) is 5.32 Å². The van der Waals surface area contributed by atoms with E-state index in [1.807, 2.05) is 0 Å². The number of primary amides is 1. The minimum absolute atomic E-state index is 0.155. The van der Waals surface area contributed by atoms with Gasteiger partial charge in [0.15, 0.2) is 0 Å². The highest BCUT2D eigenvalue weighted by Gasteiger charge is 2.39. The van der Waals surface area contributed by atoms with E-state index in [1.54, 1.807) is 0 Å². The second-order valence-electron chi connectivity index (χ2n) is 2.80. The van der Waals surface area contributed by atoms with E-state index in [0.717, 1.165) is 0 Å². The average Bonchev–Trinajstić information content (AvgIpc) is 2.08. The van der Waals surface area contributed by atoms with Crippen LogP contribution in [-0.2, 0) is 0 Å². The molecule has 0 unspecified atom stereocenters. The van der Waals surface area contributed by atoms with E-state index in [1.165, 1.54) is 0 Å². The lowest BCUT2D eigenvalue weighted by Crippen LogP contribution is -2.37. The van der Waals surface area contributed by atoms with Gasteiger partial charge in [0, 0.05) is 18.9 Å². The molecule has 3 nitrogen and oxygen atoms in total. The summed E-state index contributed by atoms with van der Waals surface area (Å²) in [6.07, 6.45) is -0.121. The lowest BCUT2D eigenvalue weighted by atomic mass is 10.2. The fourth-order valence-electron chi connectivity index (χ4n) is 1.27. The Kier molecular flexibility index (Phi) is 1.97. The van der Waals surface area contributed by atoms with Gasteiger partial charge in [0.2, 0.25) is 5.92 Å². The number of urea groups is 1. The van der Waals surface area contributed by atoms with Gasteiger partial charge in [0.05, 0.1) is 0 Å². The third kappa shape index (κ3) is 2.32. The highest BCUT2D eigenvalue weighted by molar-refractivity contribution is 5.72. The van der Waals surface area contributed by atoms with Crippen LogP contribution in [0.3, 0.4) is 0 Å². The van der Waals surface area contributed by atoms with Gasteiger partial charge in [-0.05, 0) is 6.42 Å². The summed E-state index contributed by atoms with van der Waals surface area (Å²) in [5.41, 5.74) is 4.77. The summed E-state index contributed by atoms with van der Waals surface area (Å²) in [6, 6.07) is -1.17. The van der Waals surface area contributed by atoms with Crippen LogP contribution < -0.4 is 11.1 Å². The highest BCUT2D eigenvalue weighted by Crippen LogP contribution is 2.34. The molecule has 0 aromatic rings. The number of amides is 2. The van der Waals surface area contributed by atoms with Crippen LogP contribution in [0.1, 0.15) is 19.3 Å². The summed E-state index contributed by atoms with van der Waals surface area (Å²) in [5.74, 6) is -2.62. The van der Waals surface area contributed by atoms with Crippen molar-refractivity contribution >= 4 is 6.03 Å². The molecule has 0 aromatic carbocycles. The van der Waals surface area contributed by atoms with E-state index in [-0.39, 0.29) is 12.8 Å². The van der Waals surface area contributed by atoms with Gasteiger partial charge in [0.1, 0.15) is 0 Å². The van der Waals surface area contributed by atoms with E-state index in [0.29, 0.717) is 6.42 Å². The lowest BCUT2D eigenvalue weighted by Gasteiger charge is -2.10. The van der Waals surface area contributed by atoms with Crippen LogP contribution in [0.5, 0.6) is 0 Å². The van der Waals surface area contributed by atoms with Gasteiger partial charge in [-0.2, -0.15) is 0 Å². The second kappa shape index (κ2) is 2.64. The topological polar surface area (TPSA) is 55.1 Å². The molecule has 5 heteroatoms. The molecule has 0 heterocycles. The summed E-state index contributed by atoms with van der Waals surface area (Å²) in [6.45, 7) is 0. The predicted octanol–water partition coefficient (Wildman–Crippen LogP) is 0.843. The van der Waals surface area contributed by atoms with Crippen LogP contribution >= 0.6 is 0 Å². The van der Waals surface area contributed by atoms with Gasteiger partial charge >= 0.3 is 6.03 Å². The number of nitrogens with two attached hydrogens (primary N) is 1. The molecule has 0 spiro atoms. The molecule has 64 valence electrons. The molecule has 1 atom stereocenters. The van der Waals surface area contributed by atoms with Gasteiger partial charge in [-0.1, -0.05) is 0 Å². The van der Waals surface area contributed by atoms with Crippen LogP contribution in [0.4, 0.5) is 13.6 Å². The monoisotopic (exact) mass is 164 g/mol. The number of rotatable bonds is 1. The van der Waals surface area contributed by atoms with Crippen molar-refractivity contribution in [1.82, 2.24) is 5.32 Å². The maximum atomic E-state index is 12.5. The van der Waals surface area contributed by atoms with Crippen LogP contribution in [0.25, 0.3) is 0 Å². The molecule has 0 aliphatic heterocycles. The largest absolute Gasteiger partial charge is 0.352 e. The first-order valence-corrected chi connectivity index (χ1v) is 3.43. The summed E-state index contributed by atoms with van der Waals surface area (Å²) >= 11 is 0. The van der Waals surface area contributed by atoms with Crippen LogP contribution in [-0.4, -0.2) is 18.0 Å². The third-order valence-electron chi connectivity index (χ3n) is 1.75. The van der Waals surface area contributed by atoms with Crippen molar-refractivity contribution in [2.45, 2.75) is 31.2 Å². The zero-order chi connectivity index (χ0) is 8.48. The first-order valence-electron chi connectivity index (χ1n) is 3.43. The normalized spacial score (nSPS) is 28.4. The Morgan fingerprint density at radius 1 is 1.64 bits per heavy atom. The number of nitrogens with one attached hydrogen (secondary N) is 1. The van der Waals surface area contributed by atoms with E-state index in [4.69, 9.17) is 5.73 Å². The third-order valence-corrected chi connectivity index (χ3v) is 1.75. The Morgan fingerprint density at radius 2 is 2.27 bits per heavy atom. The van der Waals surface area contributed by atoms with Gasteiger partial charge < -0.3 is 11.1 Å². The molecule has 0 aromatic heterocycles. The standard InChI is InChI=1S/C6H10F2N2O/c7-6(8)2-1-4(3-6)10-5(9)11/h4H,1-3H2,(H3,9,10,11)/t4-/m1/s1. The van der Waals surface area contributed by atoms with Crippen molar-refractivity contribution in [3.05, 3.63) is 0 Å². The molecular formula is C6H10F2N2O. The fourth-order valence-corrected chi connectivity index (χ4v) is 1.27. The second-order valence-corrected chi connectivity index (χ2v) is 2.80. The average molecular weight is 164 g/mol. The summed E-state index contributed by atoms with van der Waals surface area (Å²) in [4.78, 5) is 10.2. The molecule has 2 amide bonds. The van der Waals surface area contributed by atoms with Gasteiger partial charge in [-0.15, -0.1) is 0 Å². The molecule has 1 aliphatic carbocycles. The maximum Gasteiger partial charge on any atom is 0.312 e. The number of alkyl halides is 2. The first-order chi connectivity index (χ1) is 4.99. The predicted molar refractivity (Wildman–Crippen MR) is 35.3 cm³/mol. The van der Waals surface area contributed by atoms with Crippen molar-refractivity contribution in [2.75, 3.05) is 0 Å². The molecule has 1 fully saturated rings. The number of carbonyl (C=O) groups excluding carboxylic acids is 1. The minimum atomic E-state index is -2.62. The molecule has 1 saturated carbocycles. The van der Waals surface area contributed by atoms with Gasteiger partial charge in [-0.3, -0.25) is 0 Å². The number of hydrogen-bond acceptors (Lipinski definition) is 1. The molecular weight excluding hydrogens is 154 g/mol. The number of halogens is 2. The quantitative estimate of drug-likeness (QED) is 0.592. The molecule has 1 aliphatic rings. The number of carbonyl (C=O) groups is 1. The van der Waals surface area contributed by atoms with Crippen molar-refractivity contribution in [1.29, 1.82) is 0 Å². The SMILES string of the molecule is NC(=O)N[C@@H]1CCC(F)(F)C1. The van der Waals surface area contributed by atoms with Crippen LogP contribution in [0.15, 0.2) is 0 Å². The molecule has 0 bridgehead atoms. The number of hydrogen-bond donors (Lipinski definition) is 2. The van der Waals surface area contributed by atoms with Crippen molar-refractivity contribution < 1.29 is 13.6 Å². The zero-order valence-corrected chi connectivity index (χ0v) is 5.94. The lowest BCUT2D eigenvalue weighted by molar-refractivity contribution is 0.00735. The molecule has 0 saturated heterocycles. The van der Waals surface area contributed by atoms with Crippen molar-refractivity contribution in [3.8, 4) is 0 Å². The van der Waals surface area contributed by atoms with Gasteiger partial charge in [0.25, 0.3) is 0 Å². The molecule has 11 heavy (non-hydrogen) atoms. The summed E-state index contributed by atoms with van der Waals surface area (Å²) in [7, 11) is 0. The summed E-state index contributed by atoms with van der Waals surface area (Å²) < 4.78 is 24.9. The smallest absolute Gasteiger partial charge is 0.312 e. The molecule has 1 rings (SSSR count). The highest BCUT2D eigenvalue weighted by atomic mass is 19.3. The fraction of sp³-hybridized carbons (Fsp3) is 0.833. The zero-order valence-electron chi connectivity index (χ0n) is 5.94. The molecule has 0 radical (unpaired) electrons. The van der Waals surface area contributed by atoms with Gasteiger partial charge in [-0.25, -0.2) is 13.6 Å². The summed E-state index contributed by atoms with van der Waals surface area (Å²) in [5, 5.41) is 2.26. The van der Waals surface area contributed by atoms with Crippen LogP contribution in [0.2, 0.25) is 0 Å². The maximum absolute atomic E-state index is 12.5. The van der Waals surface area contributed by atoms with Crippen LogP contribution in [0, 0.1) is 0 Å².